The highest BCUT2D eigenvalue weighted by Gasteiger charge is 2.27. The zero-order valence-electron chi connectivity index (χ0n) is 12.5. The number of aliphatic carboxylic acids is 2. The van der Waals surface area contributed by atoms with E-state index in [2.05, 4.69) is 4.98 Å². The standard InChI is InChI=1S/C8H11N3O3S.C4H6O4.H2O/c9-5-1-2-11(8(13)10-5)6-4-15-7(3-12)14-6;5-3(6)1-2-4(7)8;/h1-2,6-7,12H,3-4H2,(H2,9,10,13);1-2H2,(H,5,6)(H,7,8);1H2/t6-,7+;;/m0../s1. The van der Waals surface area contributed by atoms with E-state index in [4.69, 9.17) is 25.8 Å². The van der Waals surface area contributed by atoms with Crippen LogP contribution in [0.1, 0.15) is 19.1 Å². The molecular formula is C12H19N3O8S. The lowest BCUT2D eigenvalue weighted by molar-refractivity contribution is -0.143. The smallest absolute Gasteiger partial charge is 0.351 e. The van der Waals surface area contributed by atoms with Crippen molar-refractivity contribution < 1.29 is 35.1 Å². The van der Waals surface area contributed by atoms with Crippen molar-refractivity contribution in [2.75, 3.05) is 18.1 Å². The lowest BCUT2D eigenvalue weighted by atomic mass is 10.3. The molecule has 0 unspecified atom stereocenters. The number of carboxylic acids is 2. The Morgan fingerprint density at radius 3 is 2.38 bits per heavy atom. The SMILES string of the molecule is Nc1ccn([C@@H]2CS[C@H](CO)O2)c(=O)n1.O.O=C(O)CCC(=O)O. The molecule has 1 fully saturated rings. The number of carbonyl (C=O) groups is 2. The summed E-state index contributed by atoms with van der Waals surface area (Å²) in [5.41, 5.74) is 4.67. The van der Waals surface area contributed by atoms with Gasteiger partial charge in [0.1, 0.15) is 17.5 Å². The van der Waals surface area contributed by atoms with Crippen LogP contribution in [0.3, 0.4) is 0 Å². The van der Waals surface area contributed by atoms with Crippen LogP contribution in [0.25, 0.3) is 0 Å². The molecule has 0 bridgehead atoms. The van der Waals surface area contributed by atoms with E-state index in [1.807, 2.05) is 0 Å². The van der Waals surface area contributed by atoms with Crippen LogP contribution in [0.5, 0.6) is 0 Å². The third-order valence-electron chi connectivity index (χ3n) is 2.60. The highest BCUT2D eigenvalue weighted by Crippen LogP contribution is 2.30. The number of hydrogen-bond acceptors (Lipinski definition) is 8. The third kappa shape index (κ3) is 7.41. The van der Waals surface area contributed by atoms with Gasteiger partial charge in [-0.3, -0.25) is 14.2 Å². The summed E-state index contributed by atoms with van der Waals surface area (Å²) in [6.45, 7) is -0.0572. The molecule has 24 heavy (non-hydrogen) atoms. The van der Waals surface area contributed by atoms with Gasteiger partial charge in [0.25, 0.3) is 0 Å². The number of nitrogens with zero attached hydrogens (tertiary/aromatic N) is 2. The van der Waals surface area contributed by atoms with Crippen LogP contribution >= 0.6 is 11.8 Å². The molecule has 0 aromatic carbocycles. The van der Waals surface area contributed by atoms with Gasteiger partial charge in [0.15, 0.2) is 0 Å². The van der Waals surface area contributed by atoms with E-state index < -0.39 is 17.6 Å². The predicted octanol–water partition coefficient (Wildman–Crippen LogP) is -1.48. The van der Waals surface area contributed by atoms with Crippen molar-refractivity contribution in [3.05, 3.63) is 22.7 Å². The Morgan fingerprint density at radius 2 is 1.96 bits per heavy atom. The molecule has 0 saturated carbocycles. The second kappa shape index (κ2) is 10.6. The van der Waals surface area contributed by atoms with Crippen molar-refractivity contribution in [2.24, 2.45) is 0 Å². The monoisotopic (exact) mass is 365 g/mol. The molecule has 7 N–H and O–H groups in total. The number of thioether (sulfide) groups is 1. The van der Waals surface area contributed by atoms with E-state index in [-0.39, 0.29) is 42.4 Å². The molecule has 11 nitrogen and oxygen atoms in total. The minimum atomic E-state index is -1.08. The van der Waals surface area contributed by atoms with Crippen LogP contribution in [-0.4, -0.2) is 60.1 Å². The molecule has 2 heterocycles. The Labute approximate surface area is 140 Å². The molecule has 1 saturated heterocycles. The van der Waals surface area contributed by atoms with Gasteiger partial charge in [-0.15, -0.1) is 11.8 Å². The van der Waals surface area contributed by atoms with Crippen LogP contribution in [0.15, 0.2) is 17.1 Å². The molecule has 1 aliphatic rings. The first-order valence-electron chi connectivity index (χ1n) is 6.49. The molecule has 1 aliphatic heterocycles. The van der Waals surface area contributed by atoms with E-state index in [0.29, 0.717) is 5.75 Å². The quantitative estimate of drug-likeness (QED) is 0.477. The molecule has 12 heteroatoms. The molecule has 0 aliphatic carbocycles. The summed E-state index contributed by atoms with van der Waals surface area (Å²) in [6, 6.07) is 1.54. The van der Waals surface area contributed by atoms with Crippen molar-refractivity contribution >= 4 is 29.5 Å². The molecule has 2 rings (SSSR count). The topological polar surface area (TPSA) is 196 Å². The Bertz CT molecular complexity index is 594. The lowest BCUT2D eigenvalue weighted by Crippen LogP contribution is -2.28. The van der Waals surface area contributed by atoms with Crippen molar-refractivity contribution in [3.8, 4) is 0 Å². The molecule has 0 radical (unpaired) electrons. The second-order valence-corrected chi connectivity index (χ2v) is 5.56. The number of anilines is 1. The van der Waals surface area contributed by atoms with Crippen molar-refractivity contribution in [1.29, 1.82) is 0 Å². The number of aliphatic hydroxyl groups excluding tert-OH is 1. The Hall–Kier alpha value is -2.15. The van der Waals surface area contributed by atoms with E-state index in [1.165, 1.54) is 16.3 Å². The summed E-state index contributed by atoms with van der Waals surface area (Å²) < 4.78 is 6.79. The van der Waals surface area contributed by atoms with Crippen molar-refractivity contribution in [3.63, 3.8) is 0 Å². The number of carboxylic acid groups (broad SMARTS) is 2. The number of aromatic nitrogens is 2. The average Bonchev–Trinajstić information content (AvgIpc) is 2.94. The number of nitrogens with two attached hydrogens (primary N) is 1. The van der Waals surface area contributed by atoms with Crippen molar-refractivity contribution in [2.45, 2.75) is 24.5 Å². The van der Waals surface area contributed by atoms with Gasteiger partial charge in [-0.2, -0.15) is 4.98 Å². The van der Waals surface area contributed by atoms with E-state index in [1.54, 1.807) is 12.3 Å². The van der Waals surface area contributed by atoms with Crippen LogP contribution in [0, 0.1) is 0 Å². The van der Waals surface area contributed by atoms with Gasteiger partial charge in [-0.25, -0.2) is 4.79 Å². The zero-order valence-corrected chi connectivity index (χ0v) is 13.3. The summed E-state index contributed by atoms with van der Waals surface area (Å²) in [5.74, 6) is -1.34. The zero-order chi connectivity index (χ0) is 17.4. The Morgan fingerprint density at radius 1 is 1.38 bits per heavy atom. The first-order chi connectivity index (χ1) is 10.8. The summed E-state index contributed by atoms with van der Waals surface area (Å²) in [7, 11) is 0. The minimum absolute atomic E-state index is 0. The van der Waals surface area contributed by atoms with Gasteiger partial charge in [0.05, 0.1) is 19.4 Å². The van der Waals surface area contributed by atoms with Gasteiger partial charge < -0.3 is 31.3 Å². The first kappa shape index (κ1) is 21.9. The highest BCUT2D eigenvalue weighted by atomic mass is 32.2. The summed E-state index contributed by atoms with van der Waals surface area (Å²) in [6.07, 6.45) is 0.591. The summed E-state index contributed by atoms with van der Waals surface area (Å²) in [5, 5.41) is 24.7. The largest absolute Gasteiger partial charge is 0.481 e. The van der Waals surface area contributed by atoms with Crippen LogP contribution in [-0.2, 0) is 14.3 Å². The number of nitrogen functional groups attached to an aromatic ring is 1. The number of rotatable bonds is 5. The fourth-order valence-corrected chi connectivity index (χ4v) is 2.47. The van der Waals surface area contributed by atoms with Gasteiger partial charge in [0, 0.05) is 11.9 Å². The number of hydrogen-bond donors (Lipinski definition) is 4. The van der Waals surface area contributed by atoms with Gasteiger partial charge >= 0.3 is 17.6 Å². The summed E-state index contributed by atoms with van der Waals surface area (Å²) >= 11 is 1.47. The first-order valence-corrected chi connectivity index (χ1v) is 7.54. The van der Waals surface area contributed by atoms with Gasteiger partial charge in [0.2, 0.25) is 0 Å². The molecule has 0 amide bonds. The van der Waals surface area contributed by atoms with Crippen LogP contribution < -0.4 is 11.4 Å². The fourth-order valence-electron chi connectivity index (χ4n) is 1.54. The van der Waals surface area contributed by atoms with E-state index in [9.17, 15) is 14.4 Å². The minimum Gasteiger partial charge on any atom is -0.481 e. The Balaban J connectivity index is 0.000000510. The van der Waals surface area contributed by atoms with Gasteiger partial charge in [-0.05, 0) is 6.07 Å². The number of aliphatic hydroxyl groups is 1. The van der Waals surface area contributed by atoms with Crippen molar-refractivity contribution in [1.82, 2.24) is 9.55 Å². The van der Waals surface area contributed by atoms with Crippen LogP contribution in [0.4, 0.5) is 5.82 Å². The van der Waals surface area contributed by atoms with Gasteiger partial charge in [-0.1, -0.05) is 0 Å². The molecular weight excluding hydrogens is 346 g/mol. The maximum absolute atomic E-state index is 11.4. The van der Waals surface area contributed by atoms with E-state index >= 15 is 0 Å². The third-order valence-corrected chi connectivity index (χ3v) is 3.71. The molecule has 0 spiro atoms. The fraction of sp³-hybridized carbons (Fsp3) is 0.500. The normalized spacial score (nSPS) is 18.9. The Kier molecular flexibility index (Phi) is 9.64. The second-order valence-electron chi connectivity index (χ2n) is 4.37. The molecule has 2 atom stereocenters. The molecule has 1 aromatic heterocycles. The predicted molar refractivity (Wildman–Crippen MR) is 84.5 cm³/mol. The maximum atomic E-state index is 11.4. The average molecular weight is 365 g/mol. The molecule has 136 valence electrons. The van der Waals surface area contributed by atoms with E-state index in [0.717, 1.165) is 0 Å². The number of ether oxygens (including phenoxy) is 1. The molecule has 1 aromatic rings. The lowest BCUT2D eigenvalue weighted by Gasteiger charge is -2.13. The summed E-state index contributed by atoms with van der Waals surface area (Å²) in [4.78, 5) is 34.3. The maximum Gasteiger partial charge on any atom is 0.351 e. The highest BCUT2D eigenvalue weighted by molar-refractivity contribution is 8.00. The van der Waals surface area contributed by atoms with Crippen LogP contribution in [0.2, 0.25) is 0 Å².